The lowest BCUT2D eigenvalue weighted by atomic mass is 10.0. The molecule has 0 saturated carbocycles. The molecule has 146 valence electrons. The fourth-order valence-electron chi connectivity index (χ4n) is 4.40. The second-order valence-electron chi connectivity index (χ2n) is 7.99. The van der Waals surface area contributed by atoms with Crippen LogP contribution in [0.3, 0.4) is 0 Å². The molecule has 3 aromatic rings. The summed E-state index contributed by atoms with van der Waals surface area (Å²) in [4.78, 5) is 19.6. The normalized spacial score (nSPS) is 15.3. The zero-order chi connectivity index (χ0) is 19.7. The molecule has 0 aliphatic carbocycles. The highest BCUT2D eigenvalue weighted by molar-refractivity contribution is 5.94. The van der Waals surface area contributed by atoms with Gasteiger partial charge in [0.15, 0.2) is 0 Å². The van der Waals surface area contributed by atoms with Gasteiger partial charge in [0.2, 0.25) is 0 Å². The standard InChI is InChI=1S/C24H29N3O/c1-4-5-19-7-9-20(10-8-19)24(28)26-14-12-21(13-15-26)27-18(3)25-22-11-6-17(2)16-23(22)27/h6-11,16,21H,4-5,12-15H2,1-3H3. The molecule has 1 amide bonds. The SMILES string of the molecule is CCCc1ccc(C(=O)N2CCC(n3c(C)nc4ccc(C)cc43)CC2)cc1. The summed E-state index contributed by atoms with van der Waals surface area (Å²) >= 11 is 0. The van der Waals surface area contributed by atoms with Crippen molar-refractivity contribution in [2.45, 2.75) is 52.5 Å². The maximum atomic E-state index is 12.9. The maximum Gasteiger partial charge on any atom is 0.253 e. The van der Waals surface area contributed by atoms with Gasteiger partial charge in [-0.25, -0.2) is 4.98 Å². The van der Waals surface area contributed by atoms with Gasteiger partial charge in [-0.2, -0.15) is 0 Å². The monoisotopic (exact) mass is 375 g/mol. The van der Waals surface area contributed by atoms with Crippen LogP contribution in [0.25, 0.3) is 11.0 Å². The Morgan fingerprint density at radius 1 is 1.07 bits per heavy atom. The van der Waals surface area contributed by atoms with Gasteiger partial charge in [-0.3, -0.25) is 4.79 Å². The Kier molecular flexibility index (Phi) is 5.21. The van der Waals surface area contributed by atoms with Crippen molar-refractivity contribution in [2.75, 3.05) is 13.1 Å². The number of likely N-dealkylation sites (tertiary alicyclic amines) is 1. The van der Waals surface area contributed by atoms with E-state index in [1.807, 2.05) is 17.0 Å². The number of hydrogen-bond donors (Lipinski definition) is 0. The topological polar surface area (TPSA) is 38.1 Å². The molecular weight excluding hydrogens is 346 g/mol. The minimum absolute atomic E-state index is 0.157. The van der Waals surface area contributed by atoms with Crippen molar-refractivity contribution in [1.29, 1.82) is 0 Å². The van der Waals surface area contributed by atoms with Crippen molar-refractivity contribution in [1.82, 2.24) is 14.5 Å². The van der Waals surface area contributed by atoms with Crippen molar-refractivity contribution in [3.8, 4) is 0 Å². The zero-order valence-electron chi connectivity index (χ0n) is 17.1. The first-order valence-corrected chi connectivity index (χ1v) is 10.4. The van der Waals surface area contributed by atoms with Gasteiger partial charge in [-0.1, -0.05) is 31.5 Å². The molecule has 4 nitrogen and oxygen atoms in total. The average Bonchev–Trinajstić information content (AvgIpc) is 3.03. The largest absolute Gasteiger partial charge is 0.338 e. The first-order chi connectivity index (χ1) is 13.6. The molecule has 2 aromatic carbocycles. The molecule has 0 unspecified atom stereocenters. The van der Waals surface area contributed by atoms with Crippen LogP contribution < -0.4 is 0 Å². The number of carbonyl (C=O) groups is 1. The minimum atomic E-state index is 0.157. The molecule has 0 radical (unpaired) electrons. The average molecular weight is 376 g/mol. The molecule has 0 N–H and O–H groups in total. The Morgan fingerprint density at radius 3 is 2.46 bits per heavy atom. The summed E-state index contributed by atoms with van der Waals surface area (Å²) in [5, 5.41) is 0. The van der Waals surface area contributed by atoms with Crippen molar-refractivity contribution in [3.63, 3.8) is 0 Å². The number of rotatable bonds is 4. The molecule has 4 rings (SSSR count). The van der Waals surface area contributed by atoms with E-state index >= 15 is 0 Å². The van der Waals surface area contributed by atoms with Crippen LogP contribution in [-0.4, -0.2) is 33.4 Å². The number of aromatic nitrogens is 2. The minimum Gasteiger partial charge on any atom is -0.338 e. The van der Waals surface area contributed by atoms with E-state index in [0.717, 1.165) is 55.7 Å². The van der Waals surface area contributed by atoms with Crippen LogP contribution in [0, 0.1) is 13.8 Å². The molecule has 1 fully saturated rings. The molecule has 1 aliphatic heterocycles. The molecule has 28 heavy (non-hydrogen) atoms. The predicted molar refractivity (Wildman–Crippen MR) is 114 cm³/mol. The van der Waals surface area contributed by atoms with Crippen LogP contribution in [0.1, 0.15) is 59.5 Å². The number of hydrogen-bond acceptors (Lipinski definition) is 2. The Bertz CT molecular complexity index is 979. The van der Waals surface area contributed by atoms with E-state index in [9.17, 15) is 4.79 Å². The van der Waals surface area contributed by atoms with Gasteiger partial charge in [0.25, 0.3) is 5.91 Å². The number of aryl methyl sites for hydroxylation is 3. The first-order valence-electron chi connectivity index (χ1n) is 10.4. The summed E-state index contributed by atoms with van der Waals surface area (Å²) in [6.45, 7) is 7.98. The second-order valence-corrected chi connectivity index (χ2v) is 7.99. The van der Waals surface area contributed by atoms with Gasteiger partial charge in [0.05, 0.1) is 11.0 Å². The molecule has 0 atom stereocenters. The molecule has 1 aromatic heterocycles. The van der Waals surface area contributed by atoms with Gasteiger partial charge in [-0.05, 0) is 68.5 Å². The Labute approximate surface area is 167 Å². The van der Waals surface area contributed by atoms with Crippen LogP contribution in [0.15, 0.2) is 42.5 Å². The number of fused-ring (bicyclic) bond motifs is 1. The third-order valence-electron chi connectivity index (χ3n) is 5.88. The lowest BCUT2D eigenvalue weighted by molar-refractivity contribution is 0.0695. The maximum absolute atomic E-state index is 12.9. The third kappa shape index (κ3) is 3.56. The van der Waals surface area contributed by atoms with Gasteiger partial charge in [-0.15, -0.1) is 0 Å². The van der Waals surface area contributed by atoms with Crippen LogP contribution in [0.2, 0.25) is 0 Å². The van der Waals surface area contributed by atoms with Gasteiger partial charge in [0.1, 0.15) is 5.82 Å². The van der Waals surface area contributed by atoms with E-state index in [-0.39, 0.29) is 5.91 Å². The molecule has 0 spiro atoms. The fourth-order valence-corrected chi connectivity index (χ4v) is 4.40. The van der Waals surface area contributed by atoms with E-state index in [4.69, 9.17) is 4.98 Å². The summed E-state index contributed by atoms with van der Waals surface area (Å²) in [5.41, 5.74) is 5.64. The van der Waals surface area contributed by atoms with E-state index in [1.54, 1.807) is 0 Å². The van der Waals surface area contributed by atoms with Gasteiger partial charge in [0, 0.05) is 24.7 Å². The summed E-state index contributed by atoms with van der Waals surface area (Å²) < 4.78 is 2.38. The number of piperidine rings is 1. The quantitative estimate of drug-likeness (QED) is 0.637. The van der Waals surface area contributed by atoms with Crippen LogP contribution in [0.4, 0.5) is 0 Å². The molecular formula is C24H29N3O. The Balaban J connectivity index is 1.47. The van der Waals surface area contributed by atoms with E-state index < -0.39 is 0 Å². The highest BCUT2D eigenvalue weighted by Gasteiger charge is 2.26. The summed E-state index contributed by atoms with van der Waals surface area (Å²) in [5.74, 6) is 1.22. The fraction of sp³-hybridized carbons (Fsp3) is 0.417. The van der Waals surface area contributed by atoms with Crippen LogP contribution in [0.5, 0.6) is 0 Å². The smallest absolute Gasteiger partial charge is 0.253 e. The number of amides is 1. The van der Waals surface area contributed by atoms with Crippen molar-refractivity contribution < 1.29 is 4.79 Å². The molecule has 2 heterocycles. The van der Waals surface area contributed by atoms with E-state index in [2.05, 4.69) is 55.7 Å². The number of imidazole rings is 1. The summed E-state index contributed by atoms with van der Waals surface area (Å²) in [7, 11) is 0. The highest BCUT2D eigenvalue weighted by atomic mass is 16.2. The van der Waals surface area contributed by atoms with Crippen molar-refractivity contribution in [2.24, 2.45) is 0 Å². The van der Waals surface area contributed by atoms with Crippen molar-refractivity contribution in [3.05, 3.63) is 65.0 Å². The Morgan fingerprint density at radius 2 is 1.79 bits per heavy atom. The van der Waals surface area contributed by atoms with E-state index in [0.29, 0.717) is 6.04 Å². The highest BCUT2D eigenvalue weighted by Crippen LogP contribution is 2.29. The summed E-state index contributed by atoms with van der Waals surface area (Å²) in [6.07, 6.45) is 4.14. The van der Waals surface area contributed by atoms with Crippen LogP contribution >= 0.6 is 0 Å². The number of nitrogens with zero attached hydrogens (tertiary/aromatic N) is 3. The third-order valence-corrected chi connectivity index (χ3v) is 5.88. The van der Waals surface area contributed by atoms with Gasteiger partial charge >= 0.3 is 0 Å². The van der Waals surface area contributed by atoms with Gasteiger partial charge < -0.3 is 9.47 Å². The zero-order valence-corrected chi connectivity index (χ0v) is 17.1. The lowest BCUT2D eigenvalue weighted by Crippen LogP contribution is -2.39. The summed E-state index contributed by atoms with van der Waals surface area (Å²) in [6, 6.07) is 15.0. The Hall–Kier alpha value is -2.62. The van der Waals surface area contributed by atoms with Crippen molar-refractivity contribution >= 4 is 16.9 Å². The molecule has 4 heteroatoms. The lowest BCUT2D eigenvalue weighted by Gasteiger charge is -2.33. The van der Waals surface area contributed by atoms with E-state index in [1.165, 1.54) is 16.6 Å². The first kappa shape index (κ1) is 18.7. The number of benzene rings is 2. The molecule has 1 aliphatic rings. The number of carbonyl (C=O) groups excluding carboxylic acids is 1. The second kappa shape index (κ2) is 7.78. The predicted octanol–water partition coefficient (Wildman–Crippen LogP) is 5.08. The molecule has 0 bridgehead atoms. The van der Waals surface area contributed by atoms with Crippen LogP contribution in [-0.2, 0) is 6.42 Å². The molecule has 1 saturated heterocycles.